The normalized spacial score (nSPS) is 13.1. The molecule has 0 radical (unpaired) electrons. The van der Waals surface area contributed by atoms with Crippen molar-refractivity contribution < 1.29 is 14.7 Å². The first-order chi connectivity index (χ1) is 8.41. The van der Waals surface area contributed by atoms with E-state index in [1.165, 1.54) is 0 Å². The highest BCUT2D eigenvalue weighted by atomic mass is 16.4. The number of carbonyl (C=O) groups is 2. The van der Waals surface area contributed by atoms with Crippen LogP contribution in [-0.2, 0) is 9.59 Å². The Balaban J connectivity index is 4.24. The minimum absolute atomic E-state index is 0.0131. The Morgan fingerprint density at radius 1 is 1.33 bits per heavy atom. The number of rotatable bonds is 9. The second-order valence-corrected chi connectivity index (χ2v) is 4.85. The first-order valence-electron chi connectivity index (χ1n) is 6.64. The van der Waals surface area contributed by atoms with Crippen molar-refractivity contribution in [3.05, 3.63) is 0 Å². The van der Waals surface area contributed by atoms with E-state index in [0.717, 1.165) is 0 Å². The van der Waals surface area contributed by atoms with Gasteiger partial charge in [-0.1, -0.05) is 13.8 Å². The minimum Gasteiger partial charge on any atom is -0.481 e. The Bertz CT molecular complexity index is 267. The van der Waals surface area contributed by atoms with Gasteiger partial charge in [-0.3, -0.25) is 9.59 Å². The molecule has 0 aromatic heterocycles. The first kappa shape index (κ1) is 16.9. The van der Waals surface area contributed by atoms with Crippen molar-refractivity contribution in [1.82, 2.24) is 5.32 Å². The van der Waals surface area contributed by atoms with Crippen LogP contribution in [0.5, 0.6) is 0 Å². The van der Waals surface area contributed by atoms with Crippen molar-refractivity contribution in [2.45, 2.75) is 58.9 Å². The highest BCUT2D eigenvalue weighted by Crippen LogP contribution is 2.25. The van der Waals surface area contributed by atoms with Crippen LogP contribution in [-0.4, -0.2) is 29.6 Å². The minimum atomic E-state index is -0.799. The summed E-state index contributed by atoms with van der Waals surface area (Å²) in [6.07, 6.45) is 2.82. The molecule has 0 spiro atoms. The third-order valence-electron chi connectivity index (χ3n) is 3.63. The van der Waals surface area contributed by atoms with Gasteiger partial charge in [-0.2, -0.15) is 0 Å². The number of hydrogen-bond donors (Lipinski definition) is 3. The zero-order valence-corrected chi connectivity index (χ0v) is 11.7. The maximum absolute atomic E-state index is 12.2. The molecule has 0 saturated carbocycles. The topological polar surface area (TPSA) is 92.4 Å². The molecule has 18 heavy (non-hydrogen) atoms. The molecular weight excluding hydrogens is 232 g/mol. The standard InChI is InChI=1S/C13H26N2O3/c1-4-13(5-2,9-14)12(18)15-10(3)7-6-8-11(16)17/h10H,4-9,14H2,1-3H3,(H,15,18)(H,16,17). The van der Waals surface area contributed by atoms with Crippen LogP contribution in [0, 0.1) is 5.41 Å². The molecule has 0 aliphatic rings. The SMILES string of the molecule is CCC(CC)(CN)C(=O)NC(C)CCCC(=O)O. The lowest BCUT2D eigenvalue weighted by Gasteiger charge is -2.30. The molecule has 0 aromatic rings. The lowest BCUT2D eigenvalue weighted by Crippen LogP contribution is -2.48. The lowest BCUT2D eigenvalue weighted by molar-refractivity contribution is -0.137. The van der Waals surface area contributed by atoms with Crippen LogP contribution >= 0.6 is 0 Å². The monoisotopic (exact) mass is 258 g/mol. The van der Waals surface area contributed by atoms with Gasteiger partial charge in [0.05, 0.1) is 5.41 Å². The van der Waals surface area contributed by atoms with E-state index in [4.69, 9.17) is 10.8 Å². The number of nitrogens with one attached hydrogen (secondary N) is 1. The molecule has 0 saturated heterocycles. The van der Waals surface area contributed by atoms with Gasteiger partial charge in [-0.05, 0) is 32.6 Å². The van der Waals surface area contributed by atoms with Crippen LogP contribution in [0.4, 0.5) is 0 Å². The quantitative estimate of drug-likeness (QED) is 0.584. The molecule has 1 amide bonds. The summed E-state index contributed by atoms with van der Waals surface area (Å²) in [6.45, 7) is 6.16. The molecule has 0 heterocycles. The van der Waals surface area contributed by atoms with Crippen LogP contribution < -0.4 is 11.1 Å². The number of carboxylic acids is 1. The number of amides is 1. The Morgan fingerprint density at radius 3 is 2.28 bits per heavy atom. The van der Waals surface area contributed by atoms with E-state index in [0.29, 0.717) is 32.2 Å². The second kappa shape index (κ2) is 8.08. The average Bonchev–Trinajstić information content (AvgIpc) is 2.31. The van der Waals surface area contributed by atoms with E-state index < -0.39 is 11.4 Å². The second-order valence-electron chi connectivity index (χ2n) is 4.85. The zero-order chi connectivity index (χ0) is 14.2. The number of aliphatic carboxylic acids is 1. The number of carbonyl (C=O) groups excluding carboxylic acids is 1. The lowest BCUT2D eigenvalue weighted by atomic mass is 9.81. The van der Waals surface area contributed by atoms with Crippen LogP contribution in [0.2, 0.25) is 0 Å². The van der Waals surface area contributed by atoms with Crippen molar-refractivity contribution >= 4 is 11.9 Å². The molecule has 5 heteroatoms. The van der Waals surface area contributed by atoms with Gasteiger partial charge < -0.3 is 16.2 Å². The predicted molar refractivity (Wildman–Crippen MR) is 71.2 cm³/mol. The van der Waals surface area contributed by atoms with Crippen molar-refractivity contribution in [2.24, 2.45) is 11.1 Å². The summed E-state index contributed by atoms with van der Waals surface area (Å²) < 4.78 is 0. The summed E-state index contributed by atoms with van der Waals surface area (Å²) in [5.41, 5.74) is 5.22. The molecule has 106 valence electrons. The van der Waals surface area contributed by atoms with E-state index >= 15 is 0 Å². The fraction of sp³-hybridized carbons (Fsp3) is 0.846. The summed E-state index contributed by atoms with van der Waals surface area (Å²) in [6, 6.07) is -0.0131. The molecule has 0 aliphatic carbocycles. The molecule has 1 atom stereocenters. The van der Waals surface area contributed by atoms with Gasteiger partial charge in [0.1, 0.15) is 0 Å². The number of hydrogen-bond acceptors (Lipinski definition) is 3. The summed E-state index contributed by atoms with van der Waals surface area (Å²) >= 11 is 0. The van der Waals surface area contributed by atoms with Crippen LogP contribution in [0.1, 0.15) is 52.9 Å². The molecule has 0 aromatic carbocycles. The van der Waals surface area contributed by atoms with Crippen molar-refractivity contribution in [2.75, 3.05) is 6.54 Å². The Morgan fingerprint density at radius 2 is 1.89 bits per heavy atom. The molecule has 0 rings (SSSR count). The molecule has 0 fully saturated rings. The highest BCUT2D eigenvalue weighted by Gasteiger charge is 2.33. The molecule has 0 aliphatic heterocycles. The predicted octanol–water partition coefficient (Wildman–Crippen LogP) is 1.51. The zero-order valence-electron chi connectivity index (χ0n) is 11.7. The summed E-state index contributed by atoms with van der Waals surface area (Å²) in [5.74, 6) is -0.815. The maximum Gasteiger partial charge on any atom is 0.303 e. The van der Waals surface area contributed by atoms with Gasteiger partial charge in [0.25, 0.3) is 0 Å². The third-order valence-corrected chi connectivity index (χ3v) is 3.63. The summed E-state index contributed by atoms with van der Waals surface area (Å²) in [5, 5.41) is 11.5. The van der Waals surface area contributed by atoms with E-state index in [1.807, 2.05) is 20.8 Å². The molecular formula is C13H26N2O3. The smallest absolute Gasteiger partial charge is 0.303 e. The van der Waals surface area contributed by atoms with Crippen molar-refractivity contribution in [3.8, 4) is 0 Å². The first-order valence-corrected chi connectivity index (χ1v) is 6.64. The Hall–Kier alpha value is -1.10. The molecule has 0 bridgehead atoms. The number of nitrogens with two attached hydrogens (primary N) is 1. The largest absolute Gasteiger partial charge is 0.481 e. The Kier molecular flexibility index (Phi) is 7.59. The van der Waals surface area contributed by atoms with E-state index in [2.05, 4.69) is 5.32 Å². The highest BCUT2D eigenvalue weighted by molar-refractivity contribution is 5.83. The van der Waals surface area contributed by atoms with Crippen LogP contribution in [0.3, 0.4) is 0 Å². The van der Waals surface area contributed by atoms with Gasteiger partial charge in [-0.25, -0.2) is 0 Å². The van der Waals surface area contributed by atoms with Gasteiger partial charge >= 0.3 is 5.97 Å². The summed E-state index contributed by atoms with van der Waals surface area (Å²) in [4.78, 5) is 22.6. The maximum atomic E-state index is 12.2. The van der Waals surface area contributed by atoms with Crippen molar-refractivity contribution in [1.29, 1.82) is 0 Å². The molecule has 5 nitrogen and oxygen atoms in total. The van der Waals surface area contributed by atoms with E-state index in [9.17, 15) is 9.59 Å². The van der Waals surface area contributed by atoms with Gasteiger partial charge in [0.15, 0.2) is 0 Å². The number of carboxylic acid groups (broad SMARTS) is 1. The van der Waals surface area contributed by atoms with E-state index in [1.54, 1.807) is 0 Å². The average molecular weight is 258 g/mol. The Labute approximate surface area is 109 Å². The summed E-state index contributed by atoms with van der Waals surface area (Å²) in [7, 11) is 0. The fourth-order valence-electron chi connectivity index (χ4n) is 1.96. The van der Waals surface area contributed by atoms with Crippen molar-refractivity contribution in [3.63, 3.8) is 0 Å². The van der Waals surface area contributed by atoms with Gasteiger partial charge in [-0.15, -0.1) is 0 Å². The van der Waals surface area contributed by atoms with Gasteiger partial charge in [0, 0.05) is 19.0 Å². The van der Waals surface area contributed by atoms with E-state index in [-0.39, 0.29) is 18.4 Å². The molecule has 1 unspecified atom stereocenters. The van der Waals surface area contributed by atoms with Crippen LogP contribution in [0.15, 0.2) is 0 Å². The molecule has 4 N–H and O–H groups in total. The van der Waals surface area contributed by atoms with Crippen LogP contribution in [0.25, 0.3) is 0 Å². The third kappa shape index (κ3) is 5.04. The van der Waals surface area contributed by atoms with Gasteiger partial charge in [0.2, 0.25) is 5.91 Å². The fourth-order valence-corrected chi connectivity index (χ4v) is 1.96.